The Balaban J connectivity index is 1.48. The number of carbonyl (C=O) groups excluding carboxylic acids is 1. The highest BCUT2D eigenvalue weighted by molar-refractivity contribution is 7.08. The monoisotopic (exact) mass is 353 g/mol. The average Bonchev–Trinajstić information content (AvgIpc) is 3.30. The van der Waals surface area contributed by atoms with Gasteiger partial charge in [-0.05, 0) is 34.0 Å². The predicted octanol–water partition coefficient (Wildman–Crippen LogP) is 2.61. The standard InChI is InChI=1S/C19H19N3O2S/c23-18(10-14-6-9-25-13-14)21-7-8-22-16(12-21)11-17(20-22)19(24)15-4-2-1-3-5-15/h1-6,9,11,13,19,24H,7-8,10,12H2/t19-/m1/s1. The van der Waals surface area contributed by atoms with E-state index in [4.69, 9.17) is 0 Å². The van der Waals surface area contributed by atoms with Gasteiger partial charge in [0, 0.05) is 6.54 Å². The molecule has 0 radical (unpaired) electrons. The number of rotatable bonds is 4. The molecule has 3 aromatic rings. The summed E-state index contributed by atoms with van der Waals surface area (Å²) < 4.78 is 1.90. The summed E-state index contributed by atoms with van der Waals surface area (Å²) in [5.74, 6) is 0.135. The molecule has 4 rings (SSSR count). The number of hydrogen-bond acceptors (Lipinski definition) is 4. The molecule has 0 bridgehead atoms. The summed E-state index contributed by atoms with van der Waals surface area (Å²) in [6.45, 7) is 1.85. The maximum atomic E-state index is 12.5. The first kappa shape index (κ1) is 16.1. The van der Waals surface area contributed by atoms with Gasteiger partial charge in [-0.15, -0.1) is 0 Å². The van der Waals surface area contributed by atoms with Crippen molar-refractivity contribution in [1.29, 1.82) is 0 Å². The fourth-order valence-electron chi connectivity index (χ4n) is 3.12. The number of thiophene rings is 1. The van der Waals surface area contributed by atoms with Gasteiger partial charge in [-0.3, -0.25) is 9.48 Å². The van der Waals surface area contributed by atoms with E-state index in [0.717, 1.165) is 16.8 Å². The number of hydrogen-bond donors (Lipinski definition) is 1. The molecule has 1 aliphatic heterocycles. The van der Waals surface area contributed by atoms with Gasteiger partial charge >= 0.3 is 0 Å². The number of aliphatic hydroxyl groups is 1. The number of benzene rings is 1. The lowest BCUT2D eigenvalue weighted by molar-refractivity contribution is -0.132. The minimum atomic E-state index is -0.741. The summed E-state index contributed by atoms with van der Waals surface area (Å²) in [5.41, 5.74) is 3.49. The van der Waals surface area contributed by atoms with Crippen LogP contribution < -0.4 is 0 Å². The van der Waals surface area contributed by atoms with E-state index in [2.05, 4.69) is 5.10 Å². The van der Waals surface area contributed by atoms with E-state index >= 15 is 0 Å². The van der Waals surface area contributed by atoms with Crippen LogP contribution in [0.1, 0.15) is 28.6 Å². The number of fused-ring (bicyclic) bond motifs is 1. The van der Waals surface area contributed by atoms with Crippen LogP contribution in [-0.2, 0) is 24.3 Å². The molecular formula is C19H19N3O2S. The summed E-state index contributed by atoms with van der Waals surface area (Å²) in [6, 6.07) is 13.4. The molecule has 1 amide bonds. The lowest BCUT2D eigenvalue weighted by atomic mass is 10.1. The molecule has 6 heteroatoms. The second-order valence-corrected chi connectivity index (χ2v) is 7.00. The Labute approximate surface area is 150 Å². The Morgan fingerprint density at radius 3 is 2.84 bits per heavy atom. The third kappa shape index (κ3) is 3.36. The Morgan fingerprint density at radius 2 is 2.08 bits per heavy atom. The second-order valence-electron chi connectivity index (χ2n) is 6.22. The second kappa shape index (κ2) is 6.82. The molecule has 1 aliphatic rings. The van der Waals surface area contributed by atoms with Gasteiger partial charge in [0.1, 0.15) is 6.10 Å². The van der Waals surface area contributed by atoms with Gasteiger partial charge in [-0.25, -0.2) is 0 Å². The first-order valence-electron chi connectivity index (χ1n) is 8.29. The van der Waals surface area contributed by atoms with Gasteiger partial charge in [0.25, 0.3) is 0 Å². The summed E-state index contributed by atoms with van der Waals surface area (Å²) in [6.07, 6.45) is -0.300. The van der Waals surface area contributed by atoms with Gasteiger partial charge in [0.05, 0.1) is 30.9 Å². The summed E-state index contributed by atoms with van der Waals surface area (Å²) in [5, 5.41) is 19.1. The zero-order valence-corrected chi connectivity index (χ0v) is 14.5. The molecule has 25 heavy (non-hydrogen) atoms. The van der Waals surface area contributed by atoms with Crippen molar-refractivity contribution in [2.45, 2.75) is 25.6 Å². The van der Waals surface area contributed by atoms with Crippen LogP contribution >= 0.6 is 11.3 Å². The molecule has 0 saturated carbocycles. The van der Waals surface area contributed by atoms with Crippen LogP contribution in [0.5, 0.6) is 0 Å². The molecule has 1 aromatic carbocycles. The van der Waals surface area contributed by atoms with Crippen molar-refractivity contribution >= 4 is 17.2 Å². The quantitative estimate of drug-likeness (QED) is 0.784. The van der Waals surface area contributed by atoms with E-state index in [1.165, 1.54) is 0 Å². The minimum absolute atomic E-state index is 0.135. The summed E-state index contributed by atoms with van der Waals surface area (Å²) >= 11 is 1.61. The Morgan fingerprint density at radius 1 is 1.24 bits per heavy atom. The number of aromatic nitrogens is 2. The fraction of sp³-hybridized carbons (Fsp3) is 0.263. The van der Waals surface area contributed by atoms with Crippen molar-refractivity contribution in [3.05, 3.63) is 75.7 Å². The first-order valence-corrected chi connectivity index (χ1v) is 9.23. The SMILES string of the molecule is O=C(Cc1ccsc1)N1CCn2nc([C@H](O)c3ccccc3)cc2C1. The van der Waals surface area contributed by atoms with Crippen LogP contribution in [0.3, 0.4) is 0 Å². The van der Waals surface area contributed by atoms with Gasteiger partial charge in [0.2, 0.25) is 5.91 Å². The molecule has 1 atom stereocenters. The summed E-state index contributed by atoms with van der Waals surface area (Å²) in [4.78, 5) is 14.4. The van der Waals surface area contributed by atoms with Crippen molar-refractivity contribution in [3.8, 4) is 0 Å². The van der Waals surface area contributed by atoms with E-state index in [1.54, 1.807) is 11.3 Å². The van der Waals surface area contributed by atoms with Crippen LogP contribution in [0.4, 0.5) is 0 Å². The number of carbonyl (C=O) groups is 1. The van der Waals surface area contributed by atoms with Crippen molar-refractivity contribution in [2.75, 3.05) is 6.54 Å². The molecule has 128 valence electrons. The molecule has 5 nitrogen and oxygen atoms in total. The largest absolute Gasteiger partial charge is 0.382 e. The van der Waals surface area contributed by atoms with Gasteiger partial charge < -0.3 is 10.0 Å². The lowest BCUT2D eigenvalue weighted by Gasteiger charge is -2.27. The number of amides is 1. The fourth-order valence-corrected chi connectivity index (χ4v) is 3.79. The highest BCUT2D eigenvalue weighted by Gasteiger charge is 2.24. The first-order chi connectivity index (χ1) is 12.2. The van der Waals surface area contributed by atoms with Gasteiger partial charge in [0.15, 0.2) is 0 Å². The Kier molecular flexibility index (Phi) is 4.38. The Hall–Kier alpha value is -2.44. The smallest absolute Gasteiger partial charge is 0.227 e. The van der Waals surface area contributed by atoms with Crippen molar-refractivity contribution in [2.24, 2.45) is 0 Å². The van der Waals surface area contributed by atoms with Crippen LogP contribution in [0.2, 0.25) is 0 Å². The Bertz CT molecular complexity index is 858. The third-order valence-electron chi connectivity index (χ3n) is 4.50. The molecular weight excluding hydrogens is 334 g/mol. The highest BCUT2D eigenvalue weighted by atomic mass is 32.1. The van der Waals surface area contributed by atoms with E-state index in [-0.39, 0.29) is 5.91 Å². The predicted molar refractivity (Wildman–Crippen MR) is 96.2 cm³/mol. The molecule has 0 unspecified atom stereocenters. The lowest BCUT2D eigenvalue weighted by Crippen LogP contribution is -2.39. The molecule has 1 N–H and O–H groups in total. The van der Waals surface area contributed by atoms with E-state index in [0.29, 0.717) is 31.7 Å². The van der Waals surface area contributed by atoms with Crippen molar-refractivity contribution in [1.82, 2.24) is 14.7 Å². The zero-order valence-electron chi connectivity index (χ0n) is 13.7. The van der Waals surface area contributed by atoms with Gasteiger partial charge in [-0.2, -0.15) is 16.4 Å². The average molecular weight is 353 g/mol. The highest BCUT2D eigenvalue weighted by Crippen LogP contribution is 2.24. The zero-order chi connectivity index (χ0) is 17.2. The maximum Gasteiger partial charge on any atom is 0.227 e. The van der Waals surface area contributed by atoms with Crippen molar-refractivity contribution in [3.63, 3.8) is 0 Å². The van der Waals surface area contributed by atoms with E-state index in [9.17, 15) is 9.90 Å². The molecule has 2 aromatic heterocycles. The number of aliphatic hydroxyl groups excluding tert-OH is 1. The minimum Gasteiger partial charge on any atom is -0.382 e. The molecule has 0 spiro atoms. The number of nitrogens with zero attached hydrogens (tertiary/aromatic N) is 3. The molecule has 0 fully saturated rings. The molecule has 3 heterocycles. The molecule has 0 aliphatic carbocycles. The van der Waals surface area contributed by atoms with Crippen LogP contribution in [0.15, 0.2) is 53.2 Å². The normalized spacial score (nSPS) is 15.0. The maximum absolute atomic E-state index is 12.5. The van der Waals surface area contributed by atoms with Gasteiger partial charge in [-0.1, -0.05) is 30.3 Å². The summed E-state index contributed by atoms with van der Waals surface area (Å²) in [7, 11) is 0. The van der Waals surface area contributed by atoms with E-state index in [1.807, 2.05) is 62.8 Å². The third-order valence-corrected chi connectivity index (χ3v) is 5.23. The molecule has 0 saturated heterocycles. The van der Waals surface area contributed by atoms with Crippen LogP contribution in [-0.4, -0.2) is 32.2 Å². The van der Waals surface area contributed by atoms with E-state index < -0.39 is 6.10 Å². The van der Waals surface area contributed by atoms with Crippen LogP contribution in [0, 0.1) is 0 Å². The van der Waals surface area contributed by atoms with Crippen molar-refractivity contribution < 1.29 is 9.90 Å². The topological polar surface area (TPSA) is 58.4 Å². The van der Waals surface area contributed by atoms with Crippen LogP contribution in [0.25, 0.3) is 0 Å².